The summed E-state index contributed by atoms with van der Waals surface area (Å²) in [6.07, 6.45) is 16.4. The van der Waals surface area contributed by atoms with Crippen molar-refractivity contribution in [3.63, 3.8) is 0 Å². The molecule has 0 aromatic carbocycles. The zero-order chi connectivity index (χ0) is 24.0. The Morgan fingerprint density at radius 1 is 1.19 bits per heavy atom. The van der Waals surface area contributed by atoms with Crippen LogP contribution in [0, 0.1) is 5.92 Å². The number of aliphatic hydroxyl groups is 2. The predicted octanol–water partition coefficient (Wildman–Crippen LogP) is 3.21. The van der Waals surface area contributed by atoms with Gasteiger partial charge in [0.1, 0.15) is 12.2 Å². The summed E-state index contributed by atoms with van der Waals surface area (Å²) in [4.78, 5) is 11.3. The second-order valence-electron chi connectivity index (χ2n) is 7.52. The van der Waals surface area contributed by atoms with Gasteiger partial charge in [-0.15, -0.1) is 0 Å². The third-order valence-corrected chi connectivity index (χ3v) is 5.33. The van der Waals surface area contributed by atoms with Crippen LogP contribution in [0.2, 0.25) is 0 Å². The van der Waals surface area contributed by atoms with E-state index in [1.54, 1.807) is 19.1 Å². The van der Waals surface area contributed by atoms with Crippen molar-refractivity contribution in [1.29, 1.82) is 0 Å². The van der Waals surface area contributed by atoms with Gasteiger partial charge in [-0.05, 0) is 31.4 Å². The Morgan fingerprint density at radius 3 is 2.59 bits per heavy atom. The first kappa shape index (κ1) is 28.0. The second-order valence-corrected chi connectivity index (χ2v) is 8.57. The molecule has 32 heavy (non-hydrogen) atoms. The number of hydrogen-bond acceptors (Lipinski definition) is 7. The Labute approximate surface area is 190 Å². The Kier molecular flexibility index (Phi) is 13.0. The molecule has 0 aromatic rings. The third kappa shape index (κ3) is 12.1. The molecule has 1 aliphatic rings. The summed E-state index contributed by atoms with van der Waals surface area (Å²) in [5, 5.41) is 20.2. The van der Waals surface area contributed by atoms with Crippen LogP contribution in [0.1, 0.15) is 46.0 Å². The molecule has 0 amide bonds. The van der Waals surface area contributed by atoms with E-state index in [1.807, 2.05) is 12.2 Å². The fourth-order valence-electron chi connectivity index (χ4n) is 2.92. The summed E-state index contributed by atoms with van der Waals surface area (Å²) < 4.78 is 41.2. The molecule has 3 N–H and O–H groups in total. The van der Waals surface area contributed by atoms with Crippen molar-refractivity contribution in [2.45, 2.75) is 70.4 Å². The molecular weight excluding hydrogens is 436 g/mol. The zero-order valence-electron chi connectivity index (χ0n) is 18.5. The summed E-state index contributed by atoms with van der Waals surface area (Å²) in [5.74, 6) is -1.30. The van der Waals surface area contributed by atoms with E-state index in [-0.39, 0.29) is 6.42 Å². The van der Waals surface area contributed by atoms with E-state index in [2.05, 4.69) is 13.0 Å². The Bertz CT molecular complexity index is 810. The number of aliphatic hydroxyl groups excluding tert-OH is 2. The van der Waals surface area contributed by atoms with Crippen molar-refractivity contribution < 1.29 is 36.9 Å². The minimum Gasteiger partial charge on any atom is -0.452 e. The molecule has 1 unspecified atom stereocenters. The fraction of sp³-hybridized carbons (Fsp3) is 0.522. The maximum absolute atomic E-state index is 11.3. The van der Waals surface area contributed by atoms with Crippen LogP contribution in [0.5, 0.6) is 0 Å². The van der Waals surface area contributed by atoms with Gasteiger partial charge in [0.25, 0.3) is 0 Å². The van der Waals surface area contributed by atoms with Gasteiger partial charge >= 0.3 is 16.4 Å². The van der Waals surface area contributed by atoms with E-state index in [0.29, 0.717) is 0 Å². The van der Waals surface area contributed by atoms with Gasteiger partial charge in [-0.3, -0.25) is 4.55 Å². The van der Waals surface area contributed by atoms with E-state index in [0.717, 1.165) is 18.9 Å². The standard InChI is InChI=1S/C23H34O8S/c1-3-4-5-6-7-8-9-10-11-13-19(24)18(2)21(31-32(27,28)29)14-12-15-22-20(25)16-17-23(26)30-22/h7-13,15-22,24-25H,3-6,14H2,1-2H3,(H,27,28,29)/b8-7+,10-9-,13-11-,15-12+/t18-,19-,20-,21-,22?/m0/s1. The van der Waals surface area contributed by atoms with Crippen molar-refractivity contribution in [3.05, 3.63) is 60.8 Å². The fourth-order valence-corrected chi connectivity index (χ4v) is 3.48. The molecule has 0 radical (unpaired) electrons. The molecular formula is C23H34O8S. The van der Waals surface area contributed by atoms with E-state index >= 15 is 0 Å². The third-order valence-electron chi connectivity index (χ3n) is 4.83. The highest BCUT2D eigenvalue weighted by Crippen LogP contribution is 2.20. The average Bonchev–Trinajstić information content (AvgIpc) is 2.72. The van der Waals surface area contributed by atoms with Crippen molar-refractivity contribution in [3.8, 4) is 0 Å². The van der Waals surface area contributed by atoms with Crippen LogP contribution >= 0.6 is 0 Å². The number of carbonyl (C=O) groups excluding carboxylic acids is 1. The number of unbranched alkanes of at least 4 members (excludes halogenated alkanes) is 3. The number of ether oxygens (including phenoxy) is 1. The van der Waals surface area contributed by atoms with Crippen molar-refractivity contribution in [1.82, 2.24) is 0 Å². The van der Waals surface area contributed by atoms with E-state index in [4.69, 9.17) is 13.5 Å². The molecule has 0 fully saturated rings. The zero-order valence-corrected chi connectivity index (χ0v) is 19.3. The van der Waals surface area contributed by atoms with Crippen molar-refractivity contribution >= 4 is 16.4 Å². The van der Waals surface area contributed by atoms with Gasteiger partial charge in [0.05, 0.1) is 12.2 Å². The smallest absolute Gasteiger partial charge is 0.397 e. The van der Waals surface area contributed by atoms with Crippen LogP contribution in [0.4, 0.5) is 0 Å². The minimum absolute atomic E-state index is 0.0212. The quantitative estimate of drug-likeness (QED) is 0.116. The number of carbonyl (C=O) groups is 1. The molecule has 0 saturated carbocycles. The number of hydrogen-bond donors (Lipinski definition) is 3. The molecule has 0 saturated heterocycles. The first-order valence-electron chi connectivity index (χ1n) is 10.7. The van der Waals surface area contributed by atoms with E-state index in [1.165, 1.54) is 37.1 Å². The Hall–Kier alpha value is -2.04. The van der Waals surface area contributed by atoms with Crippen LogP contribution in [0.25, 0.3) is 0 Å². The molecule has 1 aliphatic heterocycles. The summed E-state index contributed by atoms with van der Waals surface area (Å²) in [6, 6.07) is 0. The minimum atomic E-state index is -4.76. The number of rotatable bonds is 14. The normalized spacial score (nSPS) is 22.8. The van der Waals surface area contributed by atoms with Gasteiger partial charge in [0.15, 0.2) is 0 Å². The number of esters is 1. The monoisotopic (exact) mass is 470 g/mol. The molecule has 0 spiro atoms. The largest absolute Gasteiger partial charge is 0.452 e. The number of allylic oxidation sites excluding steroid dienone is 5. The summed E-state index contributed by atoms with van der Waals surface area (Å²) in [7, 11) is -4.76. The van der Waals surface area contributed by atoms with Crippen LogP contribution in [-0.2, 0) is 24.1 Å². The lowest BCUT2D eigenvalue weighted by Gasteiger charge is -2.25. The van der Waals surface area contributed by atoms with Crippen LogP contribution in [0.3, 0.4) is 0 Å². The van der Waals surface area contributed by atoms with Crippen molar-refractivity contribution in [2.75, 3.05) is 0 Å². The highest BCUT2D eigenvalue weighted by atomic mass is 32.3. The predicted molar refractivity (Wildman–Crippen MR) is 122 cm³/mol. The molecule has 0 aromatic heterocycles. The van der Waals surface area contributed by atoms with Gasteiger partial charge in [-0.1, -0.05) is 69.2 Å². The highest BCUT2D eigenvalue weighted by Gasteiger charge is 2.28. The lowest BCUT2D eigenvalue weighted by Crippen LogP contribution is -2.33. The average molecular weight is 471 g/mol. The van der Waals surface area contributed by atoms with Gasteiger partial charge in [0.2, 0.25) is 0 Å². The molecule has 8 nitrogen and oxygen atoms in total. The Morgan fingerprint density at radius 2 is 1.91 bits per heavy atom. The molecule has 1 heterocycles. The van der Waals surface area contributed by atoms with Crippen LogP contribution in [-0.4, -0.2) is 53.6 Å². The van der Waals surface area contributed by atoms with Gasteiger partial charge in [0, 0.05) is 12.0 Å². The first-order chi connectivity index (χ1) is 15.1. The second kappa shape index (κ2) is 14.9. The van der Waals surface area contributed by atoms with Crippen LogP contribution in [0.15, 0.2) is 60.8 Å². The summed E-state index contributed by atoms with van der Waals surface area (Å²) >= 11 is 0. The topological polar surface area (TPSA) is 130 Å². The summed E-state index contributed by atoms with van der Waals surface area (Å²) in [5.41, 5.74) is 0. The molecule has 1 rings (SSSR count). The molecule has 5 atom stereocenters. The van der Waals surface area contributed by atoms with Crippen LogP contribution < -0.4 is 0 Å². The maximum Gasteiger partial charge on any atom is 0.397 e. The van der Waals surface area contributed by atoms with Gasteiger partial charge in [-0.25, -0.2) is 8.98 Å². The SMILES string of the molecule is CCCCC/C=C/C=C\C=C/[C@H](O)[C@H](C)[C@H](C/C=C/C1OC(=O)C=C[C@@H]1O)OS(=O)(=O)O. The molecule has 9 heteroatoms. The highest BCUT2D eigenvalue weighted by molar-refractivity contribution is 7.80. The van der Waals surface area contributed by atoms with E-state index in [9.17, 15) is 23.4 Å². The van der Waals surface area contributed by atoms with Gasteiger partial charge < -0.3 is 14.9 Å². The first-order valence-corrected chi connectivity index (χ1v) is 12.1. The maximum atomic E-state index is 11.3. The summed E-state index contributed by atoms with van der Waals surface area (Å²) in [6.45, 7) is 3.73. The molecule has 180 valence electrons. The molecule has 0 aliphatic carbocycles. The molecule has 0 bridgehead atoms. The van der Waals surface area contributed by atoms with Gasteiger partial charge in [-0.2, -0.15) is 8.42 Å². The van der Waals surface area contributed by atoms with E-state index < -0.39 is 46.7 Å². The Balaban J connectivity index is 2.67. The number of cyclic esters (lactones) is 1. The lowest BCUT2D eigenvalue weighted by atomic mass is 9.95. The lowest BCUT2D eigenvalue weighted by molar-refractivity contribution is -0.146. The van der Waals surface area contributed by atoms with Crippen molar-refractivity contribution in [2.24, 2.45) is 5.92 Å².